The van der Waals surface area contributed by atoms with E-state index >= 15 is 0 Å². The number of carbonyl (C=O) groups is 2. The largest absolute Gasteiger partial charge is 0.367 e. The second-order valence-corrected chi connectivity index (χ2v) is 7.39. The number of hydrogen-bond acceptors (Lipinski definition) is 4. The fraction of sp³-hybridized carbons (Fsp3) is 0.455. The van der Waals surface area contributed by atoms with Gasteiger partial charge in [-0.05, 0) is 58.2 Å². The number of amidine groups is 1. The van der Waals surface area contributed by atoms with Gasteiger partial charge in [0.2, 0.25) is 5.91 Å². The summed E-state index contributed by atoms with van der Waals surface area (Å²) in [5, 5.41) is 6.30. The molecule has 0 saturated carbocycles. The third-order valence-electron chi connectivity index (χ3n) is 5.31. The molecular weight excluding hydrogens is 366 g/mol. The Hall–Kier alpha value is -2.96. The van der Waals surface area contributed by atoms with E-state index in [0.717, 1.165) is 22.8 Å². The number of aliphatic imine (C=N–C) groups is 2. The lowest BCUT2D eigenvalue weighted by Gasteiger charge is -2.44. The van der Waals surface area contributed by atoms with Gasteiger partial charge in [-0.2, -0.15) is 0 Å². The van der Waals surface area contributed by atoms with E-state index in [0.29, 0.717) is 12.1 Å². The lowest BCUT2D eigenvalue weighted by molar-refractivity contribution is -0.117. The Kier molecular flexibility index (Phi) is 7.31. The average molecular weight is 398 g/mol. The Morgan fingerprint density at radius 3 is 2.52 bits per heavy atom. The van der Waals surface area contributed by atoms with Crippen molar-refractivity contribution in [2.24, 2.45) is 15.9 Å². The van der Waals surface area contributed by atoms with Crippen LogP contribution in [0.2, 0.25) is 0 Å². The Labute approximate surface area is 173 Å². The maximum atomic E-state index is 12.4. The van der Waals surface area contributed by atoms with Gasteiger partial charge in [0.25, 0.3) is 5.91 Å². The van der Waals surface area contributed by atoms with Gasteiger partial charge < -0.3 is 15.5 Å². The minimum atomic E-state index is -0.129. The maximum Gasteiger partial charge on any atom is 0.251 e. The maximum absolute atomic E-state index is 12.4. The molecule has 1 aromatic rings. The molecule has 3 atom stereocenters. The van der Waals surface area contributed by atoms with Crippen LogP contribution >= 0.6 is 0 Å². The standard InChI is InChI=1S/C22H31N5O2/c1-8-24-22(29)18-9-10-20-19(11-18)21(14(3)15(4)27(20)17(6)28)26-16(5)25-12-13(2)23-7/h9-12,14-15,21H,7-8H2,1-6H3,(H,24,29)(H,25,26)/b13-12-/t14-,15-,21+/m0/s1. The van der Waals surface area contributed by atoms with Crippen molar-refractivity contribution < 1.29 is 9.59 Å². The molecule has 2 rings (SSSR count). The number of benzene rings is 1. The average Bonchev–Trinajstić information content (AvgIpc) is 2.69. The van der Waals surface area contributed by atoms with Gasteiger partial charge in [-0.1, -0.05) is 6.92 Å². The number of amides is 2. The third kappa shape index (κ3) is 4.91. The molecule has 0 radical (unpaired) electrons. The summed E-state index contributed by atoms with van der Waals surface area (Å²) in [6.45, 7) is 15.3. The van der Waals surface area contributed by atoms with Gasteiger partial charge in [-0.15, -0.1) is 0 Å². The number of allylic oxidation sites excluding steroid dienone is 1. The number of carbonyl (C=O) groups excluding carboxylic acids is 2. The van der Waals surface area contributed by atoms with Crippen molar-refractivity contribution in [3.63, 3.8) is 0 Å². The van der Waals surface area contributed by atoms with E-state index in [1.807, 2.05) is 39.8 Å². The molecule has 0 fully saturated rings. The normalized spacial score (nSPS) is 22.0. The van der Waals surface area contributed by atoms with E-state index in [1.54, 1.807) is 24.1 Å². The molecule has 1 aromatic carbocycles. The molecule has 0 spiro atoms. The van der Waals surface area contributed by atoms with Crippen molar-refractivity contribution in [3.8, 4) is 0 Å². The van der Waals surface area contributed by atoms with Gasteiger partial charge in [0.1, 0.15) is 0 Å². The van der Waals surface area contributed by atoms with Crippen molar-refractivity contribution in [2.75, 3.05) is 11.4 Å². The molecule has 1 heterocycles. The quantitative estimate of drug-likeness (QED) is 0.589. The van der Waals surface area contributed by atoms with E-state index in [1.165, 1.54) is 0 Å². The van der Waals surface area contributed by atoms with E-state index in [9.17, 15) is 9.59 Å². The van der Waals surface area contributed by atoms with Crippen LogP contribution in [-0.2, 0) is 4.79 Å². The van der Waals surface area contributed by atoms with Crippen molar-refractivity contribution in [1.29, 1.82) is 0 Å². The second-order valence-electron chi connectivity index (χ2n) is 7.39. The van der Waals surface area contributed by atoms with Crippen LogP contribution in [0.3, 0.4) is 0 Å². The summed E-state index contributed by atoms with van der Waals surface area (Å²) in [5.41, 5.74) is 3.02. The SMILES string of the molecule is C=N/C(C)=C\N=C(/C)N[C@H]1c2cc(C(=O)NCC)ccc2N(C(C)=O)[C@@H](C)[C@@H]1C. The molecule has 7 heteroatoms. The lowest BCUT2D eigenvalue weighted by Crippen LogP contribution is -2.50. The number of hydrogen-bond donors (Lipinski definition) is 2. The fourth-order valence-electron chi connectivity index (χ4n) is 3.60. The number of fused-ring (bicyclic) bond motifs is 1. The topological polar surface area (TPSA) is 86.2 Å². The highest BCUT2D eigenvalue weighted by Crippen LogP contribution is 2.41. The van der Waals surface area contributed by atoms with E-state index in [4.69, 9.17) is 0 Å². The predicted molar refractivity (Wildman–Crippen MR) is 119 cm³/mol. The first-order chi connectivity index (χ1) is 13.7. The fourth-order valence-corrected chi connectivity index (χ4v) is 3.60. The van der Waals surface area contributed by atoms with Crippen LogP contribution in [-0.4, -0.2) is 37.0 Å². The molecule has 0 unspecified atom stereocenters. The molecule has 156 valence electrons. The first-order valence-electron chi connectivity index (χ1n) is 9.87. The first kappa shape index (κ1) is 22.3. The number of anilines is 1. The Bertz CT molecular complexity index is 859. The number of nitrogens with zero attached hydrogens (tertiary/aromatic N) is 3. The molecule has 0 saturated heterocycles. The van der Waals surface area contributed by atoms with Gasteiger partial charge in [0.05, 0.1) is 23.8 Å². The van der Waals surface area contributed by atoms with E-state index in [2.05, 4.69) is 34.3 Å². The van der Waals surface area contributed by atoms with E-state index < -0.39 is 0 Å². The highest BCUT2D eigenvalue weighted by molar-refractivity contribution is 5.98. The van der Waals surface area contributed by atoms with Gasteiger partial charge in [-0.25, -0.2) is 4.99 Å². The van der Waals surface area contributed by atoms with Crippen molar-refractivity contribution in [3.05, 3.63) is 41.2 Å². The third-order valence-corrected chi connectivity index (χ3v) is 5.31. The summed E-state index contributed by atoms with van der Waals surface area (Å²) in [5.74, 6) is 0.679. The van der Waals surface area contributed by atoms with Crippen LogP contribution in [0.5, 0.6) is 0 Å². The minimum Gasteiger partial charge on any atom is -0.367 e. The van der Waals surface area contributed by atoms with Gasteiger partial charge in [-0.3, -0.25) is 14.6 Å². The van der Waals surface area contributed by atoms with Crippen molar-refractivity contribution in [1.82, 2.24) is 10.6 Å². The van der Waals surface area contributed by atoms with Crippen LogP contribution in [0.25, 0.3) is 0 Å². The Morgan fingerprint density at radius 1 is 1.24 bits per heavy atom. The molecule has 2 N–H and O–H groups in total. The summed E-state index contributed by atoms with van der Waals surface area (Å²) < 4.78 is 0. The molecule has 2 amide bonds. The minimum absolute atomic E-state index is 0.00672. The molecule has 7 nitrogen and oxygen atoms in total. The van der Waals surface area contributed by atoms with Gasteiger partial charge in [0, 0.05) is 36.7 Å². The zero-order chi connectivity index (χ0) is 21.7. The Balaban J connectivity index is 2.52. The van der Waals surface area contributed by atoms with Crippen LogP contribution in [0.15, 0.2) is 40.1 Å². The van der Waals surface area contributed by atoms with Crippen LogP contribution in [0.1, 0.15) is 63.5 Å². The summed E-state index contributed by atoms with van der Waals surface area (Å²) in [6, 6.07) is 5.39. The van der Waals surface area contributed by atoms with Crippen molar-refractivity contribution >= 4 is 30.1 Å². The monoisotopic (exact) mass is 397 g/mol. The summed E-state index contributed by atoms with van der Waals surface area (Å²) in [4.78, 5) is 34.8. The lowest BCUT2D eigenvalue weighted by atomic mass is 9.82. The van der Waals surface area contributed by atoms with Crippen molar-refractivity contribution in [2.45, 2.75) is 53.6 Å². The molecule has 0 bridgehead atoms. The molecular formula is C22H31N5O2. The van der Waals surface area contributed by atoms with Gasteiger partial charge >= 0.3 is 0 Å². The molecule has 1 aliphatic heterocycles. The molecule has 0 aromatic heterocycles. The second kappa shape index (κ2) is 9.49. The zero-order valence-corrected chi connectivity index (χ0v) is 18.1. The van der Waals surface area contributed by atoms with Crippen LogP contribution < -0.4 is 15.5 Å². The van der Waals surface area contributed by atoms with Crippen LogP contribution in [0.4, 0.5) is 5.69 Å². The molecule has 29 heavy (non-hydrogen) atoms. The van der Waals surface area contributed by atoms with E-state index in [-0.39, 0.29) is 29.8 Å². The summed E-state index contributed by atoms with van der Waals surface area (Å²) in [7, 11) is 0. The smallest absolute Gasteiger partial charge is 0.251 e. The predicted octanol–water partition coefficient (Wildman–Crippen LogP) is 3.44. The zero-order valence-electron chi connectivity index (χ0n) is 18.1. The van der Waals surface area contributed by atoms with Gasteiger partial charge in [0.15, 0.2) is 0 Å². The first-order valence-corrected chi connectivity index (χ1v) is 9.87. The number of nitrogens with one attached hydrogen (secondary N) is 2. The summed E-state index contributed by atoms with van der Waals surface area (Å²) >= 11 is 0. The molecule has 0 aliphatic carbocycles. The number of rotatable bonds is 5. The van der Waals surface area contributed by atoms with Crippen LogP contribution in [0, 0.1) is 5.92 Å². The molecule has 1 aliphatic rings. The summed E-state index contributed by atoms with van der Waals surface area (Å²) in [6.07, 6.45) is 1.65. The highest BCUT2D eigenvalue weighted by atomic mass is 16.2. The highest BCUT2D eigenvalue weighted by Gasteiger charge is 2.38. The Morgan fingerprint density at radius 2 is 1.93 bits per heavy atom.